The van der Waals surface area contributed by atoms with Crippen molar-refractivity contribution in [2.24, 2.45) is 11.7 Å². The largest absolute Gasteiger partial charge is 0.378 e. The first kappa shape index (κ1) is 13.0. The fourth-order valence-electron chi connectivity index (χ4n) is 3.25. The summed E-state index contributed by atoms with van der Waals surface area (Å²) in [4.78, 5) is 4.05. The molecule has 3 unspecified atom stereocenters. The molecular formula is C15H22N2O2. The first-order valence-corrected chi connectivity index (χ1v) is 7.14. The number of pyridine rings is 1. The van der Waals surface area contributed by atoms with Crippen LogP contribution in [0.15, 0.2) is 24.5 Å². The van der Waals surface area contributed by atoms with E-state index in [-0.39, 0.29) is 11.6 Å². The predicted octanol–water partition coefficient (Wildman–Crippen LogP) is 1.54. The van der Waals surface area contributed by atoms with E-state index in [2.05, 4.69) is 4.98 Å². The quantitative estimate of drug-likeness (QED) is 0.897. The molecule has 2 aliphatic heterocycles. The number of rotatable bonds is 3. The van der Waals surface area contributed by atoms with Crippen LogP contribution < -0.4 is 5.73 Å². The second-order valence-corrected chi connectivity index (χ2v) is 5.81. The van der Waals surface area contributed by atoms with Crippen LogP contribution >= 0.6 is 0 Å². The van der Waals surface area contributed by atoms with Crippen molar-refractivity contribution >= 4 is 0 Å². The summed E-state index contributed by atoms with van der Waals surface area (Å²) in [7, 11) is 0. The molecule has 0 amide bonds. The highest BCUT2D eigenvalue weighted by Crippen LogP contribution is 2.37. The molecule has 1 spiro atoms. The van der Waals surface area contributed by atoms with Gasteiger partial charge in [-0.1, -0.05) is 0 Å². The van der Waals surface area contributed by atoms with Gasteiger partial charge in [-0.25, -0.2) is 0 Å². The van der Waals surface area contributed by atoms with E-state index in [1.54, 1.807) is 0 Å². The third-order valence-corrected chi connectivity index (χ3v) is 4.42. The molecule has 2 aliphatic rings. The molecule has 0 aliphatic carbocycles. The van der Waals surface area contributed by atoms with E-state index in [0.717, 1.165) is 45.5 Å². The summed E-state index contributed by atoms with van der Waals surface area (Å²) < 4.78 is 11.5. The lowest BCUT2D eigenvalue weighted by Crippen LogP contribution is -2.46. The molecule has 0 aromatic carbocycles. The summed E-state index contributed by atoms with van der Waals surface area (Å²) in [5, 5.41) is 0. The summed E-state index contributed by atoms with van der Waals surface area (Å²) in [6, 6.07) is 4.30. The Morgan fingerprint density at radius 2 is 2.21 bits per heavy atom. The SMILES string of the molecule is NC(Cc1ccncc1)C1CCOC2(CCOC2)C1. The summed E-state index contributed by atoms with van der Waals surface area (Å²) in [6.07, 6.45) is 7.71. The highest BCUT2D eigenvalue weighted by atomic mass is 16.6. The zero-order valence-corrected chi connectivity index (χ0v) is 11.3. The van der Waals surface area contributed by atoms with Gasteiger partial charge >= 0.3 is 0 Å². The summed E-state index contributed by atoms with van der Waals surface area (Å²) in [5.74, 6) is 0.531. The van der Waals surface area contributed by atoms with Crippen molar-refractivity contribution < 1.29 is 9.47 Å². The van der Waals surface area contributed by atoms with Crippen LogP contribution in [0.25, 0.3) is 0 Å². The van der Waals surface area contributed by atoms with Crippen LogP contribution in [0, 0.1) is 5.92 Å². The molecule has 19 heavy (non-hydrogen) atoms. The minimum atomic E-state index is -0.0429. The Morgan fingerprint density at radius 1 is 1.37 bits per heavy atom. The summed E-state index contributed by atoms with van der Waals surface area (Å²) in [6.45, 7) is 2.38. The van der Waals surface area contributed by atoms with Crippen molar-refractivity contribution in [3.63, 3.8) is 0 Å². The van der Waals surface area contributed by atoms with Crippen LogP contribution in [0.3, 0.4) is 0 Å². The fraction of sp³-hybridized carbons (Fsp3) is 0.667. The molecule has 4 heteroatoms. The molecule has 4 nitrogen and oxygen atoms in total. The van der Waals surface area contributed by atoms with Crippen molar-refractivity contribution in [2.75, 3.05) is 19.8 Å². The summed E-state index contributed by atoms with van der Waals surface area (Å²) >= 11 is 0. The minimum Gasteiger partial charge on any atom is -0.378 e. The molecule has 2 N–H and O–H groups in total. The minimum absolute atomic E-state index is 0.0429. The third-order valence-electron chi connectivity index (χ3n) is 4.42. The Hall–Kier alpha value is -0.970. The van der Waals surface area contributed by atoms with Crippen LogP contribution in [0.2, 0.25) is 0 Å². The van der Waals surface area contributed by atoms with Crippen molar-refractivity contribution in [3.05, 3.63) is 30.1 Å². The molecule has 2 saturated heterocycles. The zero-order valence-electron chi connectivity index (χ0n) is 11.3. The van der Waals surface area contributed by atoms with Gasteiger partial charge in [0.2, 0.25) is 0 Å². The van der Waals surface area contributed by atoms with E-state index in [1.807, 2.05) is 24.5 Å². The standard InChI is InChI=1S/C15H22N2O2/c16-14(9-12-1-5-17-6-2-12)13-3-7-19-15(10-13)4-8-18-11-15/h1-2,5-6,13-14H,3-4,7-11,16H2. The van der Waals surface area contributed by atoms with Crippen LogP contribution in [0.5, 0.6) is 0 Å². The molecule has 104 valence electrons. The first-order valence-electron chi connectivity index (χ1n) is 7.14. The Morgan fingerprint density at radius 3 is 2.95 bits per heavy atom. The molecular weight excluding hydrogens is 240 g/mol. The van der Waals surface area contributed by atoms with Gasteiger partial charge in [-0.05, 0) is 42.9 Å². The van der Waals surface area contributed by atoms with Crippen molar-refractivity contribution in [2.45, 2.75) is 37.3 Å². The molecule has 3 atom stereocenters. The zero-order chi connectivity index (χ0) is 13.1. The number of hydrogen-bond acceptors (Lipinski definition) is 4. The van der Waals surface area contributed by atoms with Gasteiger partial charge in [-0.2, -0.15) is 0 Å². The van der Waals surface area contributed by atoms with Gasteiger partial charge in [0.15, 0.2) is 0 Å². The van der Waals surface area contributed by atoms with Gasteiger partial charge < -0.3 is 15.2 Å². The lowest BCUT2D eigenvalue weighted by molar-refractivity contribution is -0.101. The third kappa shape index (κ3) is 2.96. The molecule has 0 saturated carbocycles. The van der Waals surface area contributed by atoms with Gasteiger partial charge in [-0.15, -0.1) is 0 Å². The number of nitrogens with two attached hydrogens (primary N) is 1. The number of aromatic nitrogens is 1. The predicted molar refractivity (Wildman–Crippen MR) is 72.8 cm³/mol. The molecule has 0 bridgehead atoms. The van der Waals surface area contributed by atoms with E-state index in [1.165, 1.54) is 5.56 Å². The van der Waals surface area contributed by atoms with E-state index < -0.39 is 0 Å². The molecule has 0 radical (unpaired) electrons. The topological polar surface area (TPSA) is 57.4 Å². The van der Waals surface area contributed by atoms with Crippen LogP contribution in [0.1, 0.15) is 24.8 Å². The van der Waals surface area contributed by atoms with Crippen LogP contribution in [-0.2, 0) is 15.9 Å². The maximum Gasteiger partial charge on any atom is 0.0939 e. The van der Waals surface area contributed by atoms with Crippen molar-refractivity contribution in [3.8, 4) is 0 Å². The van der Waals surface area contributed by atoms with Gasteiger partial charge in [0.05, 0.1) is 12.2 Å². The normalized spacial score (nSPS) is 32.6. The number of nitrogens with zero attached hydrogens (tertiary/aromatic N) is 1. The maximum atomic E-state index is 6.41. The Bertz CT molecular complexity index is 404. The number of hydrogen-bond donors (Lipinski definition) is 1. The highest BCUT2D eigenvalue weighted by Gasteiger charge is 2.42. The molecule has 1 aromatic heterocycles. The monoisotopic (exact) mass is 262 g/mol. The second kappa shape index (κ2) is 5.57. The average Bonchev–Trinajstić information content (AvgIpc) is 2.88. The Labute approximate surface area is 114 Å². The van der Waals surface area contributed by atoms with E-state index in [4.69, 9.17) is 15.2 Å². The fourth-order valence-corrected chi connectivity index (χ4v) is 3.25. The lowest BCUT2D eigenvalue weighted by Gasteiger charge is -2.39. The second-order valence-electron chi connectivity index (χ2n) is 5.81. The first-order chi connectivity index (χ1) is 9.27. The van der Waals surface area contributed by atoms with E-state index >= 15 is 0 Å². The van der Waals surface area contributed by atoms with Gasteiger partial charge in [0.25, 0.3) is 0 Å². The van der Waals surface area contributed by atoms with Gasteiger partial charge in [-0.3, -0.25) is 4.98 Å². The molecule has 3 heterocycles. The van der Waals surface area contributed by atoms with Crippen molar-refractivity contribution in [1.82, 2.24) is 4.98 Å². The maximum absolute atomic E-state index is 6.41. The molecule has 3 rings (SSSR count). The Kier molecular flexibility index (Phi) is 3.82. The Balaban J connectivity index is 1.61. The smallest absolute Gasteiger partial charge is 0.0939 e. The van der Waals surface area contributed by atoms with E-state index in [0.29, 0.717) is 5.92 Å². The number of ether oxygens (including phenoxy) is 2. The van der Waals surface area contributed by atoms with Crippen LogP contribution in [-0.4, -0.2) is 36.4 Å². The van der Waals surface area contributed by atoms with Gasteiger partial charge in [0, 0.05) is 38.1 Å². The lowest BCUT2D eigenvalue weighted by atomic mass is 9.80. The van der Waals surface area contributed by atoms with E-state index in [9.17, 15) is 0 Å². The highest BCUT2D eigenvalue weighted by molar-refractivity contribution is 5.12. The van der Waals surface area contributed by atoms with Gasteiger partial charge in [0.1, 0.15) is 0 Å². The summed E-state index contributed by atoms with van der Waals surface area (Å²) in [5.41, 5.74) is 7.64. The molecule has 2 fully saturated rings. The van der Waals surface area contributed by atoms with Crippen LogP contribution in [0.4, 0.5) is 0 Å². The van der Waals surface area contributed by atoms with Crippen molar-refractivity contribution in [1.29, 1.82) is 0 Å². The average molecular weight is 262 g/mol. The molecule has 1 aromatic rings.